The number of carbonyl (C=O) groups excluding carboxylic acids is 1. The largest absolute Gasteiger partial charge is 0.367 e. The van der Waals surface area contributed by atoms with Crippen LogP contribution in [0.1, 0.15) is 37.3 Å². The van der Waals surface area contributed by atoms with Crippen LogP contribution in [-0.2, 0) is 4.74 Å². The van der Waals surface area contributed by atoms with Gasteiger partial charge in [0.25, 0.3) is 0 Å². The predicted molar refractivity (Wildman–Crippen MR) is 73.8 cm³/mol. The average Bonchev–Trinajstić information content (AvgIpc) is 2.80. The Morgan fingerprint density at radius 2 is 2.37 bits per heavy atom. The Labute approximate surface area is 118 Å². The summed E-state index contributed by atoms with van der Waals surface area (Å²) in [7, 11) is 0. The minimum Gasteiger partial charge on any atom is -0.367 e. The zero-order chi connectivity index (χ0) is 14.0. The summed E-state index contributed by atoms with van der Waals surface area (Å²) in [5.41, 5.74) is 0.458. The van der Waals surface area contributed by atoms with Crippen molar-refractivity contribution in [1.29, 1.82) is 0 Å². The van der Waals surface area contributed by atoms with E-state index in [1.165, 1.54) is 6.20 Å². The number of halogens is 1. The molecular weight excluding hydrogens is 266 g/mol. The van der Waals surface area contributed by atoms with Gasteiger partial charge in [-0.05, 0) is 20.4 Å². The molecule has 0 bridgehead atoms. The van der Waals surface area contributed by atoms with Crippen LogP contribution in [0.25, 0.3) is 0 Å². The van der Waals surface area contributed by atoms with Gasteiger partial charge < -0.3 is 4.74 Å². The van der Waals surface area contributed by atoms with Crippen LogP contribution in [0.15, 0.2) is 6.20 Å². The number of ether oxygens (including phenoxy) is 1. The Bertz CT molecular complexity index is 459. The van der Waals surface area contributed by atoms with Crippen molar-refractivity contribution in [2.45, 2.75) is 32.9 Å². The number of rotatable bonds is 4. The molecule has 1 aliphatic heterocycles. The lowest BCUT2D eigenvalue weighted by molar-refractivity contribution is -0.0154. The van der Waals surface area contributed by atoms with Gasteiger partial charge in [-0.3, -0.25) is 14.4 Å². The van der Waals surface area contributed by atoms with Gasteiger partial charge in [-0.1, -0.05) is 18.5 Å². The van der Waals surface area contributed by atoms with Crippen LogP contribution in [0.3, 0.4) is 0 Å². The molecule has 0 aromatic carbocycles. The fraction of sp³-hybridized carbons (Fsp3) is 0.692. The third-order valence-corrected chi connectivity index (χ3v) is 3.64. The van der Waals surface area contributed by atoms with Gasteiger partial charge in [0.2, 0.25) is 5.78 Å². The van der Waals surface area contributed by atoms with Crippen LogP contribution in [0, 0.1) is 0 Å². The molecule has 1 fully saturated rings. The van der Waals surface area contributed by atoms with E-state index in [0.717, 1.165) is 13.1 Å². The second kappa shape index (κ2) is 6.03. The molecular formula is C13H20ClN3O2. The van der Waals surface area contributed by atoms with Gasteiger partial charge in [0.05, 0.1) is 17.8 Å². The number of likely N-dealkylation sites (N-methyl/N-ethyl adjacent to an activating group) is 1. The summed E-state index contributed by atoms with van der Waals surface area (Å²) in [6.07, 6.45) is 1.08. The smallest absolute Gasteiger partial charge is 0.212 e. The van der Waals surface area contributed by atoms with Crippen LogP contribution >= 0.6 is 11.6 Å². The summed E-state index contributed by atoms with van der Waals surface area (Å²) in [4.78, 5) is 14.8. The van der Waals surface area contributed by atoms with Gasteiger partial charge in [0, 0.05) is 19.1 Å². The van der Waals surface area contributed by atoms with Crippen molar-refractivity contribution in [3.8, 4) is 0 Å². The normalized spacial score (nSPS) is 21.0. The van der Waals surface area contributed by atoms with Crippen LogP contribution in [-0.4, -0.2) is 52.8 Å². The van der Waals surface area contributed by atoms with E-state index >= 15 is 0 Å². The Morgan fingerprint density at radius 1 is 1.63 bits per heavy atom. The molecule has 1 saturated heterocycles. The molecule has 2 heterocycles. The van der Waals surface area contributed by atoms with Gasteiger partial charge in [-0.15, -0.1) is 0 Å². The Hall–Kier alpha value is -0.910. The molecule has 0 spiro atoms. The Morgan fingerprint density at radius 3 is 3.00 bits per heavy atom. The number of Topliss-reactive ketones (excluding diaryl/α,β-unsaturated/α-hetero) is 1. The molecule has 0 N–H and O–H groups in total. The monoisotopic (exact) mass is 285 g/mol. The van der Waals surface area contributed by atoms with Crippen molar-refractivity contribution >= 4 is 17.4 Å². The lowest BCUT2D eigenvalue weighted by Gasteiger charge is -2.31. The lowest BCUT2D eigenvalue weighted by Crippen LogP contribution is -2.46. The van der Waals surface area contributed by atoms with E-state index in [0.29, 0.717) is 23.9 Å². The second-order valence-electron chi connectivity index (χ2n) is 5.00. The molecule has 1 aliphatic rings. The van der Waals surface area contributed by atoms with Gasteiger partial charge in [-0.25, -0.2) is 0 Å². The van der Waals surface area contributed by atoms with E-state index in [2.05, 4.69) is 16.9 Å². The van der Waals surface area contributed by atoms with E-state index in [4.69, 9.17) is 16.3 Å². The van der Waals surface area contributed by atoms with E-state index in [-0.39, 0.29) is 11.8 Å². The van der Waals surface area contributed by atoms with Crippen molar-refractivity contribution in [2.75, 3.05) is 26.2 Å². The fourth-order valence-electron chi connectivity index (χ4n) is 2.26. The highest BCUT2D eigenvalue weighted by Crippen LogP contribution is 2.22. The molecule has 1 aromatic rings. The highest BCUT2D eigenvalue weighted by Gasteiger charge is 2.31. The minimum absolute atomic E-state index is 0.0747. The van der Waals surface area contributed by atoms with Crippen LogP contribution in [0.4, 0.5) is 0 Å². The first-order valence-corrected chi connectivity index (χ1v) is 7.03. The second-order valence-corrected chi connectivity index (χ2v) is 5.40. The number of morpholine rings is 1. The number of carbonyl (C=O) groups is 1. The molecule has 2 rings (SSSR count). The van der Waals surface area contributed by atoms with Gasteiger partial charge in [0.1, 0.15) is 11.8 Å². The maximum absolute atomic E-state index is 12.6. The standard InChI is InChI=1S/C13H20ClN3O2/c1-4-16-5-6-19-11(8-16)13(18)12-10(14)7-15-17(12)9(2)3/h7,9,11H,4-6,8H2,1-3H3. The molecule has 1 aromatic heterocycles. The number of ketones is 1. The average molecular weight is 286 g/mol. The molecule has 1 atom stereocenters. The van der Waals surface area contributed by atoms with Crippen LogP contribution < -0.4 is 0 Å². The quantitative estimate of drug-likeness (QED) is 0.794. The number of nitrogens with zero attached hydrogens (tertiary/aromatic N) is 3. The first-order valence-electron chi connectivity index (χ1n) is 6.65. The maximum Gasteiger partial charge on any atom is 0.212 e. The van der Waals surface area contributed by atoms with E-state index in [1.54, 1.807) is 4.68 Å². The maximum atomic E-state index is 12.6. The fourth-order valence-corrected chi connectivity index (χ4v) is 2.49. The summed E-state index contributed by atoms with van der Waals surface area (Å²) >= 11 is 6.10. The van der Waals surface area contributed by atoms with Crippen LogP contribution in [0.2, 0.25) is 5.02 Å². The number of hydrogen-bond acceptors (Lipinski definition) is 4. The SMILES string of the molecule is CCN1CCOC(C(=O)c2c(Cl)cnn2C(C)C)C1. The number of hydrogen-bond donors (Lipinski definition) is 0. The third kappa shape index (κ3) is 2.99. The van der Waals surface area contributed by atoms with Crippen molar-refractivity contribution < 1.29 is 9.53 Å². The summed E-state index contributed by atoms with van der Waals surface area (Å²) in [5, 5.41) is 4.56. The zero-order valence-electron chi connectivity index (χ0n) is 11.6. The molecule has 0 amide bonds. The van der Waals surface area contributed by atoms with E-state index in [1.807, 2.05) is 13.8 Å². The third-order valence-electron chi connectivity index (χ3n) is 3.36. The number of aromatic nitrogens is 2. The summed E-state index contributed by atoms with van der Waals surface area (Å²) in [6.45, 7) is 9.02. The topological polar surface area (TPSA) is 47.4 Å². The molecule has 6 heteroatoms. The molecule has 0 saturated carbocycles. The molecule has 1 unspecified atom stereocenters. The molecule has 5 nitrogen and oxygen atoms in total. The van der Waals surface area contributed by atoms with Crippen molar-refractivity contribution in [3.05, 3.63) is 16.9 Å². The van der Waals surface area contributed by atoms with Crippen LogP contribution in [0.5, 0.6) is 0 Å². The highest BCUT2D eigenvalue weighted by molar-refractivity contribution is 6.33. The lowest BCUT2D eigenvalue weighted by atomic mass is 10.1. The van der Waals surface area contributed by atoms with Gasteiger partial charge in [-0.2, -0.15) is 5.10 Å². The Balaban J connectivity index is 2.21. The molecule has 0 aliphatic carbocycles. The zero-order valence-corrected chi connectivity index (χ0v) is 12.4. The summed E-state index contributed by atoms with van der Waals surface area (Å²) in [6, 6.07) is 0.0947. The Kier molecular flexibility index (Phi) is 4.60. The van der Waals surface area contributed by atoms with Gasteiger partial charge >= 0.3 is 0 Å². The first kappa shape index (κ1) is 14.5. The van der Waals surface area contributed by atoms with Crippen molar-refractivity contribution in [2.24, 2.45) is 0 Å². The van der Waals surface area contributed by atoms with Crippen molar-refractivity contribution in [1.82, 2.24) is 14.7 Å². The molecule has 0 radical (unpaired) electrons. The minimum atomic E-state index is -0.444. The summed E-state index contributed by atoms with van der Waals surface area (Å²) in [5.74, 6) is -0.0747. The summed E-state index contributed by atoms with van der Waals surface area (Å²) < 4.78 is 7.26. The van der Waals surface area contributed by atoms with E-state index in [9.17, 15) is 4.79 Å². The van der Waals surface area contributed by atoms with Crippen molar-refractivity contribution in [3.63, 3.8) is 0 Å². The van der Waals surface area contributed by atoms with E-state index < -0.39 is 6.10 Å². The highest BCUT2D eigenvalue weighted by atomic mass is 35.5. The molecule has 106 valence electrons. The van der Waals surface area contributed by atoms with Gasteiger partial charge in [0.15, 0.2) is 0 Å². The predicted octanol–water partition coefficient (Wildman–Crippen LogP) is 2.02. The first-order chi connectivity index (χ1) is 9.04. The molecule has 19 heavy (non-hydrogen) atoms.